The van der Waals surface area contributed by atoms with Crippen LogP contribution in [0.25, 0.3) is 10.8 Å². The van der Waals surface area contributed by atoms with Crippen LogP contribution in [0.3, 0.4) is 0 Å². The van der Waals surface area contributed by atoms with Gasteiger partial charge in [0.1, 0.15) is 0 Å². The van der Waals surface area contributed by atoms with E-state index in [4.69, 9.17) is 0 Å². The van der Waals surface area contributed by atoms with Gasteiger partial charge >= 0.3 is 0 Å². The minimum absolute atomic E-state index is 0.0654. The van der Waals surface area contributed by atoms with E-state index in [-0.39, 0.29) is 5.91 Å². The van der Waals surface area contributed by atoms with Gasteiger partial charge in [-0.3, -0.25) is 4.79 Å². The number of fused-ring (bicyclic) bond motifs is 1. The van der Waals surface area contributed by atoms with Crippen LogP contribution in [0.5, 0.6) is 0 Å². The quantitative estimate of drug-likeness (QED) is 0.874. The highest BCUT2D eigenvalue weighted by molar-refractivity contribution is 5.99. The average Bonchev–Trinajstić information content (AvgIpc) is 3.19. The molecule has 2 aromatic rings. The van der Waals surface area contributed by atoms with Gasteiger partial charge in [-0.25, -0.2) is 0 Å². The maximum absolute atomic E-state index is 12.5. The number of nitrogens with one attached hydrogen (secondary N) is 1. The van der Waals surface area contributed by atoms with E-state index >= 15 is 0 Å². The lowest BCUT2D eigenvalue weighted by Gasteiger charge is -2.13. The molecule has 2 atom stereocenters. The molecular formula is C22H28N2O. The van der Waals surface area contributed by atoms with Crippen LogP contribution < -0.4 is 10.2 Å². The Morgan fingerprint density at radius 1 is 1.08 bits per heavy atom. The topological polar surface area (TPSA) is 32.3 Å². The van der Waals surface area contributed by atoms with Gasteiger partial charge in [0.05, 0.1) is 0 Å². The van der Waals surface area contributed by atoms with Gasteiger partial charge < -0.3 is 10.2 Å². The fraction of sp³-hybridized carbons (Fsp3) is 0.500. The minimum atomic E-state index is 0.0654. The summed E-state index contributed by atoms with van der Waals surface area (Å²) >= 11 is 0. The summed E-state index contributed by atoms with van der Waals surface area (Å²) in [6, 6.07) is 12.4. The van der Waals surface area contributed by atoms with Crippen molar-refractivity contribution < 1.29 is 4.79 Å². The van der Waals surface area contributed by atoms with Crippen LogP contribution in [0.4, 0.5) is 5.69 Å². The Morgan fingerprint density at radius 3 is 2.56 bits per heavy atom. The van der Waals surface area contributed by atoms with Gasteiger partial charge in [0, 0.05) is 31.9 Å². The monoisotopic (exact) mass is 336 g/mol. The van der Waals surface area contributed by atoms with E-state index in [2.05, 4.69) is 34.5 Å². The summed E-state index contributed by atoms with van der Waals surface area (Å²) in [6.45, 7) is 0.845. The summed E-state index contributed by atoms with van der Waals surface area (Å²) in [5.74, 6) is 2.60. The van der Waals surface area contributed by atoms with Crippen molar-refractivity contribution in [2.45, 2.75) is 32.1 Å². The molecule has 1 amide bonds. The molecule has 2 aromatic carbocycles. The van der Waals surface area contributed by atoms with Crippen molar-refractivity contribution >= 4 is 22.4 Å². The molecule has 0 aromatic heterocycles. The summed E-state index contributed by atoms with van der Waals surface area (Å²) in [4.78, 5) is 14.6. The van der Waals surface area contributed by atoms with E-state index in [1.807, 2.05) is 26.2 Å². The Bertz CT molecular complexity index is 777. The number of hydrogen-bond acceptors (Lipinski definition) is 2. The van der Waals surface area contributed by atoms with Crippen molar-refractivity contribution in [2.24, 2.45) is 17.8 Å². The normalized spacial score (nSPS) is 23.0. The van der Waals surface area contributed by atoms with E-state index in [1.165, 1.54) is 43.2 Å². The molecule has 1 N–H and O–H groups in total. The van der Waals surface area contributed by atoms with Gasteiger partial charge in [0.2, 0.25) is 0 Å². The van der Waals surface area contributed by atoms with Crippen LogP contribution in [0.15, 0.2) is 36.4 Å². The van der Waals surface area contributed by atoms with Crippen molar-refractivity contribution in [3.05, 3.63) is 42.0 Å². The van der Waals surface area contributed by atoms with Gasteiger partial charge in [-0.1, -0.05) is 37.8 Å². The van der Waals surface area contributed by atoms with Crippen LogP contribution in [-0.4, -0.2) is 26.5 Å². The number of hydrogen-bond donors (Lipinski definition) is 1. The van der Waals surface area contributed by atoms with E-state index in [9.17, 15) is 4.79 Å². The van der Waals surface area contributed by atoms with Gasteiger partial charge in [-0.15, -0.1) is 0 Å². The number of carbonyl (C=O) groups is 1. The predicted octanol–water partition coefficient (Wildman–Crippen LogP) is 4.46. The molecule has 2 aliphatic carbocycles. The Hall–Kier alpha value is -2.03. The van der Waals surface area contributed by atoms with Crippen molar-refractivity contribution in [2.75, 3.05) is 25.5 Å². The molecule has 2 saturated carbocycles. The fourth-order valence-electron chi connectivity index (χ4n) is 4.45. The number of anilines is 1. The maximum atomic E-state index is 12.5. The highest BCUT2D eigenvalue weighted by Crippen LogP contribution is 2.49. The van der Waals surface area contributed by atoms with Gasteiger partial charge in [-0.05, 0) is 59.2 Å². The Morgan fingerprint density at radius 2 is 1.80 bits per heavy atom. The SMILES string of the molecule is CN(C)c1ccc2cc(C(=O)NCC3CC3C3CCCC3)ccc2c1. The largest absolute Gasteiger partial charge is 0.378 e. The Kier molecular flexibility index (Phi) is 4.41. The van der Waals surface area contributed by atoms with Crippen LogP contribution in [-0.2, 0) is 0 Å². The zero-order valence-corrected chi connectivity index (χ0v) is 15.3. The number of nitrogens with zero attached hydrogens (tertiary/aromatic N) is 1. The first-order valence-electron chi connectivity index (χ1n) is 9.61. The zero-order chi connectivity index (χ0) is 17.4. The summed E-state index contributed by atoms with van der Waals surface area (Å²) in [7, 11) is 4.08. The van der Waals surface area contributed by atoms with Crippen molar-refractivity contribution in [1.29, 1.82) is 0 Å². The van der Waals surface area contributed by atoms with Gasteiger partial charge in [0.25, 0.3) is 5.91 Å². The summed E-state index contributed by atoms with van der Waals surface area (Å²) in [5, 5.41) is 5.45. The second-order valence-corrected chi connectivity index (χ2v) is 8.05. The molecule has 25 heavy (non-hydrogen) atoms. The first-order chi connectivity index (χ1) is 12.1. The average molecular weight is 336 g/mol. The molecule has 0 aliphatic heterocycles. The summed E-state index contributed by atoms with van der Waals surface area (Å²) in [5.41, 5.74) is 1.94. The molecular weight excluding hydrogens is 308 g/mol. The number of rotatable bonds is 5. The summed E-state index contributed by atoms with van der Waals surface area (Å²) in [6.07, 6.45) is 6.96. The second kappa shape index (κ2) is 6.70. The number of carbonyl (C=O) groups excluding carboxylic acids is 1. The Labute approximate surface area is 150 Å². The van der Waals surface area contributed by atoms with Crippen LogP contribution in [0.2, 0.25) is 0 Å². The first-order valence-corrected chi connectivity index (χ1v) is 9.61. The van der Waals surface area contributed by atoms with Gasteiger partial charge in [0.15, 0.2) is 0 Å². The maximum Gasteiger partial charge on any atom is 0.251 e. The van der Waals surface area contributed by atoms with Crippen molar-refractivity contribution in [3.63, 3.8) is 0 Å². The van der Waals surface area contributed by atoms with Crippen molar-refractivity contribution in [3.8, 4) is 0 Å². The van der Waals surface area contributed by atoms with E-state index in [1.54, 1.807) is 0 Å². The van der Waals surface area contributed by atoms with Crippen LogP contribution in [0.1, 0.15) is 42.5 Å². The molecule has 3 heteroatoms. The molecule has 2 unspecified atom stereocenters. The molecule has 0 spiro atoms. The fourth-order valence-corrected chi connectivity index (χ4v) is 4.45. The second-order valence-electron chi connectivity index (χ2n) is 8.05. The van der Waals surface area contributed by atoms with E-state index in [0.29, 0.717) is 0 Å². The van der Waals surface area contributed by atoms with Crippen LogP contribution >= 0.6 is 0 Å². The highest BCUT2D eigenvalue weighted by Gasteiger charge is 2.43. The first kappa shape index (κ1) is 16.4. The van der Waals surface area contributed by atoms with Crippen molar-refractivity contribution in [1.82, 2.24) is 5.32 Å². The molecule has 4 rings (SSSR count). The third kappa shape index (κ3) is 3.51. The number of benzene rings is 2. The molecule has 0 heterocycles. The smallest absolute Gasteiger partial charge is 0.251 e. The molecule has 0 bridgehead atoms. The third-order valence-corrected chi connectivity index (χ3v) is 6.11. The standard InChI is InChI=1S/C22H28N2O/c1-24(2)20-10-9-16-11-18(8-7-17(16)12-20)22(25)23-14-19-13-21(19)15-5-3-4-6-15/h7-12,15,19,21H,3-6,13-14H2,1-2H3,(H,23,25). The molecule has 3 nitrogen and oxygen atoms in total. The molecule has 0 saturated heterocycles. The third-order valence-electron chi connectivity index (χ3n) is 6.11. The number of amides is 1. The lowest BCUT2D eigenvalue weighted by molar-refractivity contribution is 0.0951. The van der Waals surface area contributed by atoms with E-state index < -0.39 is 0 Å². The summed E-state index contributed by atoms with van der Waals surface area (Å²) < 4.78 is 0. The van der Waals surface area contributed by atoms with Gasteiger partial charge in [-0.2, -0.15) is 0 Å². The molecule has 132 valence electrons. The lowest BCUT2D eigenvalue weighted by atomic mass is 10.0. The van der Waals surface area contributed by atoms with E-state index in [0.717, 1.165) is 35.2 Å². The Balaban J connectivity index is 1.38. The lowest BCUT2D eigenvalue weighted by Crippen LogP contribution is -2.26. The minimum Gasteiger partial charge on any atom is -0.378 e. The molecule has 2 fully saturated rings. The molecule has 0 radical (unpaired) electrons. The highest BCUT2D eigenvalue weighted by atomic mass is 16.1. The zero-order valence-electron chi connectivity index (χ0n) is 15.3. The van der Waals surface area contributed by atoms with Crippen LogP contribution in [0, 0.1) is 17.8 Å². The predicted molar refractivity (Wildman–Crippen MR) is 104 cm³/mol. The molecule has 2 aliphatic rings.